The average Bonchev–Trinajstić information content (AvgIpc) is 3.10. The van der Waals surface area contributed by atoms with Crippen LogP contribution in [0.15, 0.2) is 18.2 Å². The minimum Gasteiger partial charge on any atom is -0.478 e. The Morgan fingerprint density at radius 3 is 2.67 bits per heavy atom. The Hall–Kier alpha value is -1.42. The highest BCUT2D eigenvalue weighted by Crippen LogP contribution is 2.39. The van der Waals surface area contributed by atoms with E-state index in [0.717, 1.165) is 5.56 Å². The number of carbonyl (C=O) groups is 1. The Bertz CT molecular complexity index is 467. The van der Waals surface area contributed by atoms with Crippen LogP contribution in [0.25, 0.3) is 0 Å². The standard InChI is InChI=1S/C14H18FNO2/c1-14(2,10-4-5-10)16-8-9-3-6-11(13(17)18)12(15)7-9/h3,6-7,10,16H,4-5,8H2,1-2H3,(H,17,18). The van der Waals surface area contributed by atoms with Crippen molar-refractivity contribution in [1.82, 2.24) is 5.32 Å². The summed E-state index contributed by atoms with van der Waals surface area (Å²) in [4.78, 5) is 10.7. The molecule has 3 nitrogen and oxygen atoms in total. The van der Waals surface area contributed by atoms with Crippen LogP contribution < -0.4 is 5.32 Å². The molecule has 0 atom stereocenters. The van der Waals surface area contributed by atoms with E-state index < -0.39 is 11.8 Å². The molecule has 0 saturated heterocycles. The maximum absolute atomic E-state index is 13.5. The fourth-order valence-electron chi connectivity index (χ4n) is 2.12. The summed E-state index contributed by atoms with van der Waals surface area (Å²) >= 11 is 0. The second-order valence-electron chi connectivity index (χ2n) is 5.47. The molecule has 2 rings (SSSR count). The molecular weight excluding hydrogens is 233 g/mol. The largest absolute Gasteiger partial charge is 0.478 e. The van der Waals surface area contributed by atoms with Crippen LogP contribution in [0.5, 0.6) is 0 Å². The second-order valence-corrected chi connectivity index (χ2v) is 5.47. The fourth-order valence-corrected chi connectivity index (χ4v) is 2.12. The number of aromatic carboxylic acids is 1. The maximum atomic E-state index is 13.5. The molecule has 1 aliphatic carbocycles. The van der Waals surface area contributed by atoms with Crippen LogP contribution >= 0.6 is 0 Å². The highest BCUT2D eigenvalue weighted by molar-refractivity contribution is 5.87. The predicted octanol–water partition coefficient (Wildman–Crippen LogP) is 2.80. The molecule has 0 aliphatic heterocycles. The number of hydrogen-bond acceptors (Lipinski definition) is 2. The average molecular weight is 251 g/mol. The van der Waals surface area contributed by atoms with Crippen molar-refractivity contribution < 1.29 is 14.3 Å². The van der Waals surface area contributed by atoms with E-state index in [1.54, 1.807) is 6.07 Å². The molecule has 4 heteroatoms. The Morgan fingerprint density at radius 1 is 1.50 bits per heavy atom. The first-order valence-electron chi connectivity index (χ1n) is 6.17. The third kappa shape index (κ3) is 2.88. The summed E-state index contributed by atoms with van der Waals surface area (Å²) < 4.78 is 13.5. The summed E-state index contributed by atoms with van der Waals surface area (Å²) in [6.45, 7) is 4.85. The first-order chi connectivity index (χ1) is 8.40. The zero-order valence-corrected chi connectivity index (χ0v) is 10.7. The summed E-state index contributed by atoms with van der Waals surface area (Å²) in [6.07, 6.45) is 2.48. The molecule has 18 heavy (non-hydrogen) atoms. The lowest BCUT2D eigenvalue weighted by atomic mass is 9.98. The SMILES string of the molecule is CC(C)(NCc1ccc(C(=O)O)c(F)c1)C1CC1. The van der Waals surface area contributed by atoms with Crippen molar-refractivity contribution in [3.63, 3.8) is 0 Å². The van der Waals surface area contributed by atoms with Crippen molar-refractivity contribution in [1.29, 1.82) is 0 Å². The summed E-state index contributed by atoms with van der Waals surface area (Å²) in [5.74, 6) is -1.21. The van der Waals surface area contributed by atoms with Gasteiger partial charge in [-0.3, -0.25) is 0 Å². The predicted molar refractivity (Wildman–Crippen MR) is 67.0 cm³/mol. The summed E-state index contributed by atoms with van der Waals surface area (Å²) in [6, 6.07) is 4.26. The van der Waals surface area contributed by atoms with Crippen molar-refractivity contribution in [2.45, 2.75) is 38.8 Å². The van der Waals surface area contributed by atoms with Crippen LogP contribution in [0.4, 0.5) is 4.39 Å². The lowest BCUT2D eigenvalue weighted by Gasteiger charge is -2.26. The Kier molecular flexibility index (Phi) is 3.39. The number of carboxylic acid groups (broad SMARTS) is 1. The third-order valence-electron chi connectivity index (χ3n) is 3.61. The van der Waals surface area contributed by atoms with Crippen LogP contribution in [0.2, 0.25) is 0 Å². The molecule has 1 aliphatic rings. The summed E-state index contributed by atoms with van der Waals surface area (Å²) in [7, 11) is 0. The number of halogens is 1. The molecule has 98 valence electrons. The molecule has 1 saturated carbocycles. The van der Waals surface area contributed by atoms with E-state index in [0.29, 0.717) is 12.5 Å². The van der Waals surface area contributed by atoms with Crippen LogP contribution in [0.3, 0.4) is 0 Å². The zero-order chi connectivity index (χ0) is 13.3. The van der Waals surface area contributed by atoms with E-state index in [2.05, 4.69) is 19.2 Å². The van der Waals surface area contributed by atoms with Gasteiger partial charge in [0.25, 0.3) is 0 Å². The monoisotopic (exact) mass is 251 g/mol. The van der Waals surface area contributed by atoms with Crippen LogP contribution in [0.1, 0.15) is 42.6 Å². The summed E-state index contributed by atoms with van der Waals surface area (Å²) in [5.41, 5.74) is 0.550. The first-order valence-corrected chi connectivity index (χ1v) is 6.17. The van der Waals surface area contributed by atoms with Gasteiger partial charge in [-0.25, -0.2) is 9.18 Å². The minimum atomic E-state index is -1.23. The highest BCUT2D eigenvalue weighted by Gasteiger charge is 2.37. The minimum absolute atomic E-state index is 0.0575. The van der Waals surface area contributed by atoms with Gasteiger partial charge in [-0.05, 0) is 50.3 Å². The molecule has 1 aromatic rings. The van der Waals surface area contributed by atoms with Gasteiger partial charge in [0.1, 0.15) is 5.82 Å². The van der Waals surface area contributed by atoms with Gasteiger partial charge in [-0.2, -0.15) is 0 Å². The van der Waals surface area contributed by atoms with Crippen LogP contribution in [0, 0.1) is 11.7 Å². The normalized spacial score (nSPS) is 15.7. The lowest BCUT2D eigenvalue weighted by molar-refractivity contribution is 0.0692. The van der Waals surface area contributed by atoms with Crippen molar-refractivity contribution in [3.05, 3.63) is 35.1 Å². The third-order valence-corrected chi connectivity index (χ3v) is 3.61. The van der Waals surface area contributed by atoms with Gasteiger partial charge in [-0.15, -0.1) is 0 Å². The van der Waals surface area contributed by atoms with Gasteiger partial charge in [0.2, 0.25) is 0 Å². The van der Waals surface area contributed by atoms with Crippen molar-refractivity contribution >= 4 is 5.97 Å². The molecule has 0 amide bonds. The summed E-state index contributed by atoms with van der Waals surface area (Å²) in [5, 5.41) is 12.1. The Morgan fingerprint density at radius 2 is 2.17 bits per heavy atom. The highest BCUT2D eigenvalue weighted by atomic mass is 19.1. The topological polar surface area (TPSA) is 49.3 Å². The van der Waals surface area contributed by atoms with E-state index in [4.69, 9.17) is 5.11 Å². The van der Waals surface area contributed by atoms with E-state index in [1.165, 1.54) is 25.0 Å². The van der Waals surface area contributed by atoms with Gasteiger partial charge >= 0.3 is 5.97 Å². The molecule has 0 unspecified atom stereocenters. The molecule has 0 bridgehead atoms. The van der Waals surface area contributed by atoms with Crippen molar-refractivity contribution in [2.75, 3.05) is 0 Å². The molecule has 0 aromatic heterocycles. The molecule has 0 spiro atoms. The van der Waals surface area contributed by atoms with Gasteiger partial charge in [-0.1, -0.05) is 6.07 Å². The van der Waals surface area contributed by atoms with Gasteiger partial charge in [0.15, 0.2) is 0 Å². The molecular formula is C14H18FNO2. The quantitative estimate of drug-likeness (QED) is 0.846. The molecule has 2 N–H and O–H groups in total. The second kappa shape index (κ2) is 4.69. The van der Waals surface area contributed by atoms with E-state index in [-0.39, 0.29) is 11.1 Å². The number of benzene rings is 1. The zero-order valence-electron chi connectivity index (χ0n) is 10.7. The van der Waals surface area contributed by atoms with Gasteiger partial charge in [0, 0.05) is 12.1 Å². The maximum Gasteiger partial charge on any atom is 0.338 e. The van der Waals surface area contributed by atoms with E-state index in [1.807, 2.05) is 0 Å². The number of hydrogen-bond donors (Lipinski definition) is 2. The number of carboxylic acids is 1. The van der Waals surface area contributed by atoms with Crippen molar-refractivity contribution in [3.8, 4) is 0 Å². The van der Waals surface area contributed by atoms with E-state index >= 15 is 0 Å². The van der Waals surface area contributed by atoms with Gasteiger partial charge < -0.3 is 10.4 Å². The number of rotatable bonds is 5. The van der Waals surface area contributed by atoms with E-state index in [9.17, 15) is 9.18 Å². The van der Waals surface area contributed by atoms with Gasteiger partial charge in [0.05, 0.1) is 5.56 Å². The lowest BCUT2D eigenvalue weighted by Crippen LogP contribution is -2.40. The molecule has 1 fully saturated rings. The Balaban J connectivity index is 2.02. The van der Waals surface area contributed by atoms with Crippen molar-refractivity contribution in [2.24, 2.45) is 5.92 Å². The Labute approximate surface area is 106 Å². The van der Waals surface area contributed by atoms with Crippen LogP contribution in [-0.4, -0.2) is 16.6 Å². The number of nitrogens with one attached hydrogen (secondary N) is 1. The molecule has 1 aromatic carbocycles. The first kappa shape index (κ1) is 13.0. The van der Waals surface area contributed by atoms with Crippen LogP contribution in [-0.2, 0) is 6.54 Å². The fraction of sp³-hybridized carbons (Fsp3) is 0.500. The molecule has 0 heterocycles. The smallest absolute Gasteiger partial charge is 0.338 e. The molecule has 0 radical (unpaired) electrons.